The van der Waals surface area contributed by atoms with E-state index < -0.39 is 28.7 Å². The van der Waals surface area contributed by atoms with Crippen molar-refractivity contribution < 1.29 is 24.2 Å². The van der Waals surface area contributed by atoms with E-state index in [1.54, 1.807) is 27.6 Å². The molecule has 4 rings (SSSR count). The number of allylic oxidation sites excluding steroid dienone is 1. The Labute approximate surface area is 281 Å². The SMILES string of the molecule is C=CCCCCOC(=O)[C@H]1[C@H]2C(=O)N([C@@H](CO)CC(C)C)C(C(=O)N(CC=C)c3ccc(N(CC)CC)cc3)C23CC(Br)[C@@H]1S3. The number of ether oxygens (including phenoxy) is 1. The number of halogens is 1. The molecule has 2 amide bonds. The highest BCUT2D eigenvalue weighted by atomic mass is 79.9. The summed E-state index contributed by atoms with van der Waals surface area (Å²) in [6.07, 6.45) is 7.10. The first-order valence-electron chi connectivity index (χ1n) is 16.4. The molecular formula is C35H50BrN3O5S. The number of carbonyl (C=O) groups excluding carboxylic acids is 3. The number of esters is 1. The number of anilines is 2. The number of aliphatic hydroxyl groups is 1. The van der Waals surface area contributed by atoms with E-state index in [4.69, 9.17) is 4.74 Å². The van der Waals surface area contributed by atoms with Gasteiger partial charge in [-0.15, -0.1) is 24.9 Å². The van der Waals surface area contributed by atoms with Crippen LogP contribution in [-0.4, -0.2) is 87.5 Å². The first-order chi connectivity index (χ1) is 21.6. The molecule has 3 aliphatic heterocycles. The standard InChI is InChI=1S/C35H50BrN3O5S/c1-7-11-12-13-19-44-34(43)28-29-32(41)39(26(22-40)20-23(5)6)31(35(29)21-27(36)30(28)45-35)33(42)38(18-8-2)25-16-14-24(15-17-25)37(9-3)10-4/h7-8,14-17,23,26-31,40H,1-2,9-13,18-22H2,3-6H3/t26-,27?,28+,29+,30+,31?,35?/m1/s1. The minimum atomic E-state index is -0.853. The maximum atomic E-state index is 14.9. The fraction of sp³-hybridized carbons (Fsp3) is 0.629. The van der Waals surface area contributed by atoms with E-state index in [1.165, 1.54) is 0 Å². The summed E-state index contributed by atoms with van der Waals surface area (Å²) in [5.41, 5.74) is 1.79. The zero-order valence-corrected chi connectivity index (χ0v) is 29.6. The number of benzene rings is 1. The van der Waals surface area contributed by atoms with Crippen LogP contribution in [0.2, 0.25) is 0 Å². The topological polar surface area (TPSA) is 90.4 Å². The molecule has 3 saturated heterocycles. The van der Waals surface area contributed by atoms with E-state index in [2.05, 4.69) is 47.8 Å². The quantitative estimate of drug-likeness (QED) is 0.0947. The molecule has 3 heterocycles. The van der Waals surface area contributed by atoms with Gasteiger partial charge in [-0.05, 0) is 76.1 Å². The van der Waals surface area contributed by atoms with Crippen molar-refractivity contribution in [1.29, 1.82) is 0 Å². The molecule has 1 N–H and O–H groups in total. The Kier molecular flexibility index (Phi) is 12.3. The van der Waals surface area contributed by atoms with Crippen LogP contribution in [0, 0.1) is 17.8 Å². The normalized spacial score (nSPS) is 27.4. The van der Waals surface area contributed by atoms with Gasteiger partial charge in [0.2, 0.25) is 5.91 Å². The highest BCUT2D eigenvalue weighted by molar-refractivity contribution is 9.09. The molecule has 10 heteroatoms. The Morgan fingerprint density at radius 2 is 1.82 bits per heavy atom. The van der Waals surface area contributed by atoms with Crippen LogP contribution in [0.25, 0.3) is 0 Å². The highest BCUT2D eigenvalue weighted by Gasteiger charge is 2.76. The predicted octanol–water partition coefficient (Wildman–Crippen LogP) is 5.82. The summed E-state index contributed by atoms with van der Waals surface area (Å²) in [7, 11) is 0. The van der Waals surface area contributed by atoms with Gasteiger partial charge in [0.05, 0.1) is 35.8 Å². The van der Waals surface area contributed by atoms with Crippen LogP contribution in [0.1, 0.15) is 59.8 Å². The molecule has 3 aliphatic rings. The third kappa shape index (κ3) is 6.89. The second kappa shape index (κ2) is 15.5. The number of aliphatic hydroxyl groups excluding tert-OH is 1. The van der Waals surface area contributed by atoms with Crippen LogP contribution in [0.5, 0.6) is 0 Å². The third-order valence-electron chi connectivity index (χ3n) is 9.50. The lowest BCUT2D eigenvalue weighted by atomic mass is 9.71. The van der Waals surface area contributed by atoms with Crippen LogP contribution in [0.3, 0.4) is 0 Å². The number of carbonyl (C=O) groups is 3. The van der Waals surface area contributed by atoms with E-state index >= 15 is 0 Å². The maximum absolute atomic E-state index is 14.9. The van der Waals surface area contributed by atoms with Crippen LogP contribution >= 0.6 is 27.7 Å². The molecule has 3 unspecified atom stereocenters. The second-order valence-corrected chi connectivity index (χ2v) is 15.5. The number of amides is 2. The van der Waals surface area contributed by atoms with Gasteiger partial charge in [0.15, 0.2) is 0 Å². The first-order valence-corrected chi connectivity index (χ1v) is 18.2. The predicted molar refractivity (Wildman–Crippen MR) is 187 cm³/mol. The number of hydrogen-bond donors (Lipinski definition) is 1. The van der Waals surface area contributed by atoms with Gasteiger partial charge in [0.1, 0.15) is 6.04 Å². The van der Waals surface area contributed by atoms with Gasteiger partial charge in [-0.3, -0.25) is 14.4 Å². The number of fused-ring (bicyclic) bond motifs is 1. The van der Waals surface area contributed by atoms with Gasteiger partial charge in [0, 0.05) is 41.1 Å². The van der Waals surface area contributed by atoms with E-state index in [0.29, 0.717) is 12.8 Å². The lowest BCUT2D eigenvalue weighted by Crippen LogP contribution is -2.58. The summed E-state index contributed by atoms with van der Waals surface area (Å²) in [5.74, 6) is -2.00. The Morgan fingerprint density at radius 3 is 2.40 bits per heavy atom. The summed E-state index contributed by atoms with van der Waals surface area (Å²) in [5, 5.41) is 10.4. The average molecular weight is 705 g/mol. The fourth-order valence-electron chi connectivity index (χ4n) is 7.52. The lowest BCUT2D eigenvalue weighted by Gasteiger charge is -2.40. The van der Waals surface area contributed by atoms with E-state index in [1.807, 2.05) is 44.2 Å². The van der Waals surface area contributed by atoms with Crippen molar-refractivity contribution in [3.05, 3.63) is 49.6 Å². The Hall–Kier alpha value is -2.30. The Morgan fingerprint density at radius 1 is 1.16 bits per heavy atom. The summed E-state index contributed by atoms with van der Waals surface area (Å²) in [6, 6.07) is 6.53. The van der Waals surface area contributed by atoms with Crippen molar-refractivity contribution >= 4 is 56.9 Å². The number of nitrogens with zero attached hydrogens (tertiary/aromatic N) is 3. The molecule has 248 valence electrons. The average Bonchev–Trinajstić information content (AvgIpc) is 3.62. The second-order valence-electron chi connectivity index (χ2n) is 12.8. The van der Waals surface area contributed by atoms with Crippen molar-refractivity contribution in [2.45, 2.75) is 86.7 Å². The molecule has 0 radical (unpaired) electrons. The summed E-state index contributed by atoms with van der Waals surface area (Å²) in [4.78, 5) is 48.7. The van der Waals surface area contributed by atoms with Crippen molar-refractivity contribution in [2.75, 3.05) is 42.6 Å². The lowest BCUT2D eigenvalue weighted by molar-refractivity contribution is -0.154. The van der Waals surface area contributed by atoms with Crippen molar-refractivity contribution in [1.82, 2.24) is 4.90 Å². The number of hydrogen-bond acceptors (Lipinski definition) is 7. The number of rotatable bonds is 17. The van der Waals surface area contributed by atoms with Crippen molar-refractivity contribution in [2.24, 2.45) is 17.8 Å². The number of likely N-dealkylation sites (tertiary alicyclic amines) is 1. The molecule has 1 spiro atoms. The highest BCUT2D eigenvalue weighted by Crippen LogP contribution is 2.68. The molecule has 0 aromatic heterocycles. The fourth-order valence-corrected chi connectivity index (χ4v) is 11.1. The van der Waals surface area contributed by atoms with Gasteiger partial charge >= 0.3 is 5.97 Å². The van der Waals surface area contributed by atoms with Gasteiger partial charge in [-0.1, -0.05) is 41.9 Å². The molecular weight excluding hydrogens is 654 g/mol. The van der Waals surface area contributed by atoms with Crippen molar-refractivity contribution in [3.8, 4) is 0 Å². The zero-order valence-electron chi connectivity index (χ0n) is 27.2. The number of unbranched alkanes of at least 4 members (excludes halogenated alkanes) is 2. The van der Waals surface area contributed by atoms with Crippen LogP contribution in [-0.2, 0) is 19.1 Å². The van der Waals surface area contributed by atoms with E-state index in [0.717, 1.165) is 43.7 Å². The molecule has 1 aromatic rings. The van der Waals surface area contributed by atoms with Crippen LogP contribution in [0.15, 0.2) is 49.6 Å². The molecule has 1 aromatic carbocycles. The molecule has 45 heavy (non-hydrogen) atoms. The minimum absolute atomic E-state index is 0.0565. The van der Waals surface area contributed by atoms with Gasteiger partial charge in [-0.2, -0.15) is 0 Å². The number of alkyl halides is 1. The van der Waals surface area contributed by atoms with Gasteiger partial charge < -0.3 is 24.5 Å². The Balaban J connectivity index is 1.74. The van der Waals surface area contributed by atoms with Crippen molar-refractivity contribution in [3.63, 3.8) is 0 Å². The minimum Gasteiger partial charge on any atom is -0.465 e. The maximum Gasteiger partial charge on any atom is 0.310 e. The Bertz CT molecular complexity index is 1220. The largest absolute Gasteiger partial charge is 0.465 e. The van der Waals surface area contributed by atoms with Gasteiger partial charge in [0.25, 0.3) is 5.91 Å². The van der Waals surface area contributed by atoms with Crippen LogP contribution < -0.4 is 9.80 Å². The summed E-state index contributed by atoms with van der Waals surface area (Å²) < 4.78 is 4.94. The summed E-state index contributed by atoms with van der Waals surface area (Å²) >= 11 is 5.42. The zero-order chi connectivity index (χ0) is 32.9. The number of thioether (sulfide) groups is 1. The molecule has 0 aliphatic carbocycles. The first kappa shape index (κ1) is 35.6. The van der Waals surface area contributed by atoms with E-state index in [-0.39, 0.29) is 53.5 Å². The summed E-state index contributed by atoms with van der Waals surface area (Å²) in [6.45, 7) is 18.0. The molecule has 8 nitrogen and oxygen atoms in total. The molecule has 2 bridgehead atoms. The van der Waals surface area contributed by atoms with Crippen LogP contribution in [0.4, 0.5) is 11.4 Å². The molecule has 7 atom stereocenters. The monoisotopic (exact) mass is 703 g/mol. The third-order valence-corrected chi connectivity index (χ3v) is 12.7. The van der Waals surface area contributed by atoms with Gasteiger partial charge in [-0.25, -0.2) is 0 Å². The van der Waals surface area contributed by atoms with E-state index in [9.17, 15) is 19.5 Å². The smallest absolute Gasteiger partial charge is 0.310 e. The molecule has 3 fully saturated rings. The molecule has 0 saturated carbocycles.